The van der Waals surface area contributed by atoms with Gasteiger partial charge in [0.15, 0.2) is 0 Å². The highest BCUT2D eigenvalue weighted by molar-refractivity contribution is 6.22. The molecule has 0 rings (SSSR count). The maximum atomic E-state index is 12.4. The summed E-state index contributed by atoms with van der Waals surface area (Å²) < 4.78 is 40.1. The summed E-state index contributed by atoms with van der Waals surface area (Å²) in [5.41, 5.74) is 0. The van der Waals surface area contributed by atoms with Crippen LogP contribution in [0.1, 0.15) is 6.92 Å². The minimum absolute atomic E-state index is 0.384. The van der Waals surface area contributed by atoms with Crippen molar-refractivity contribution in [1.82, 2.24) is 0 Å². The molecule has 3 nitrogen and oxygen atoms in total. The summed E-state index contributed by atoms with van der Waals surface area (Å²) >= 11 is 4.50. The zero-order valence-electron chi connectivity index (χ0n) is 5.48. The van der Waals surface area contributed by atoms with Crippen LogP contribution in [0, 0.1) is 4.91 Å². The van der Waals surface area contributed by atoms with Crippen LogP contribution in [0.4, 0.5) is 13.2 Å². The first kappa shape index (κ1) is 10.6. The summed E-state index contributed by atoms with van der Waals surface area (Å²) in [6.07, 6.45) is 0. The molecule has 0 radical (unpaired) electrons. The normalized spacial score (nSPS) is 17.5. The lowest BCUT2D eigenvalue weighted by molar-refractivity contribution is -0.220. The third-order valence-electron chi connectivity index (χ3n) is 0.790. The maximum absolute atomic E-state index is 12.4. The third-order valence-corrected chi connectivity index (χ3v) is 1.13. The van der Waals surface area contributed by atoms with Crippen LogP contribution in [0.25, 0.3) is 0 Å². The van der Waals surface area contributed by atoms with Crippen molar-refractivity contribution >= 4 is 11.6 Å². The second-order valence-corrected chi connectivity index (χ2v) is 2.07. The van der Waals surface area contributed by atoms with Gasteiger partial charge in [0.25, 0.3) is 0 Å². The van der Waals surface area contributed by atoms with Gasteiger partial charge in [-0.1, -0.05) is 0 Å². The predicted molar refractivity (Wildman–Crippen MR) is 32.1 cm³/mol. The van der Waals surface area contributed by atoms with Crippen LogP contribution < -0.4 is 0 Å². The zero-order chi connectivity index (χ0) is 9.12. The molecule has 0 spiro atoms. The van der Waals surface area contributed by atoms with E-state index >= 15 is 0 Å². The van der Waals surface area contributed by atoms with Gasteiger partial charge in [-0.05, 0) is 18.5 Å². The number of hydrogen-bond acceptors (Lipinski definition) is 3. The number of halogens is 4. The molecular weight excluding hydrogens is 186 g/mol. The highest BCUT2D eigenvalue weighted by Gasteiger charge is 2.57. The summed E-state index contributed by atoms with van der Waals surface area (Å²) in [5, 5.41) is -2.65. The Hall–Kier alpha value is -0.360. The fourth-order valence-corrected chi connectivity index (χ4v) is 0.465. The minimum Gasteiger partial charge on any atom is -0.328 e. The van der Waals surface area contributed by atoms with Gasteiger partial charge >= 0.3 is 11.4 Å². The molecule has 7 heteroatoms. The van der Waals surface area contributed by atoms with Crippen LogP contribution in [-0.2, 0) is 4.74 Å². The largest absolute Gasteiger partial charge is 0.450 e. The lowest BCUT2D eigenvalue weighted by atomic mass is 10.5. The smallest absolute Gasteiger partial charge is 0.328 e. The quantitative estimate of drug-likeness (QED) is 0.388. The van der Waals surface area contributed by atoms with E-state index in [4.69, 9.17) is 0 Å². The lowest BCUT2D eigenvalue weighted by Gasteiger charge is -2.20. The van der Waals surface area contributed by atoms with E-state index in [9.17, 15) is 18.1 Å². The van der Waals surface area contributed by atoms with Crippen molar-refractivity contribution in [2.24, 2.45) is 5.18 Å². The van der Waals surface area contributed by atoms with Gasteiger partial charge in [-0.25, -0.2) is 0 Å². The van der Waals surface area contributed by atoms with E-state index < -0.39 is 11.4 Å². The lowest BCUT2D eigenvalue weighted by Crippen LogP contribution is -2.39. The fraction of sp³-hybridized carbons (Fsp3) is 1.00. The van der Waals surface area contributed by atoms with Gasteiger partial charge in [-0.3, -0.25) is 0 Å². The number of alkyl halides is 4. The van der Waals surface area contributed by atoms with Crippen molar-refractivity contribution in [1.29, 1.82) is 0 Å². The average Bonchev–Trinajstić information content (AvgIpc) is 1.87. The van der Waals surface area contributed by atoms with E-state index in [1.807, 2.05) is 0 Å². The van der Waals surface area contributed by atoms with Gasteiger partial charge in [0.05, 0.1) is 0 Å². The summed E-state index contributed by atoms with van der Waals surface area (Å²) in [7, 11) is 0. The molecule has 0 fully saturated rings. The second kappa shape index (κ2) is 3.36. The first-order valence-corrected chi connectivity index (χ1v) is 2.99. The molecule has 11 heavy (non-hydrogen) atoms. The van der Waals surface area contributed by atoms with Crippen LogP contribution in [0.2, 0.25) is 0 Å². The Morgan fingerprint density at radius 2 is 2.00 bits per heavy atom. The van der Waals surface area contributed by atoms with Crippen molar-refractivity contribution in [2.45, 2.75) is 18.3 Å². The standard InChI is InChI=1S/C4H5ClF3NO2/c1-2-11-3(5,6)4(7,8)9-10/h2H2,1H3. The molecule has 0 saturated carbocycles. The van der Waals surface area contributed by atoms with Crippen LogP contribution >= 0.6 is 11.6 Å². The maximum Gasteiger partial charge on any atom is 0.450 e. The molecule has 0 aromatic carbocycles. The molecule has 0 saturated heterocycles. The van der Waals surface area contributed by atoms with Crippen LogP contribution in [0.3, 0.4) is 0 Å². The van der Waals surface area contributed by atoms with Crippen molar-refractivity contribution in [3.63, 3.8) is 0 Å². The monoisotopic (exact) mass is 191 g/mol. The molecule has 0 heterocycles. The molecule has 1 unspecified atom stereocenters. The average molecular weight is 192 g/mol. The van der Waals surface area contributed by atoms with Crippen molar-refractivity contribution in [2.75, 3.05) is 6.61 Å². The number of nitroso groups, excluding NO2 is 1. The molecule has 66 valence electrons. The third kappa shape index (κ3) is 2.30. The molecule has 0 amide bonds. The molecule has 0 aliphatic heterocycles. The number of hydrogen-bond donors (Lipinski definition) is 0. The van der Waals surface area contributed by atoms with Crippen molar-refractivity contribution in [3.8, 4) is 0 Å². The fourth-order valence-electron chi connectivity index (χ4n) is 0.321. The first-order chi connectivity index (χ1) is 4.87. The topological polar surface area (TPSA) is 38.7 Å². The SMILES string of the molecule is CCOC(F)(Cl)C(F)(F)N=O. The molecular formula is C4H5ClF3NO2. The molecule has 1 atom stereocenters. The van der Waals surface area contributed by atoms with E-state index in [0.717, 1.165) is 0 Å². The van der Waals surface area contributed by atoms with Crippen molar-refractivity contribution < 1.29 is 17.9 Å². The Morgan fingerprint density at radius 1 is 1.55 bits per heavy atom. The molecule has 0 aliphatic carbocycles. The Morgan fingerprint density at radius 3 is 2.27 bits per heavy atom. The van der Waals surface area contributed by atoms with Gasteiger partial charge in [0.2, 0.25) is 0 Å². The zero-order valence-corrected chi connectivity index (χ0v) is 6.24. The van der Waals surface area contributed by atoms with Gasteiger partial charge in [-0.2, -0.15) is 13.2 Å². The number of ether oxygens (including phenoxy) is 1. The van der Waals surface area contributed by atoms with Gasteiger partial charge in [0, 0.05) is 11.8 Å². The summed E-state index contributed by atoms with van der Waals surface area (Å²) in [5.74, 6) is 0. The Kier molecular flexibility index (Phi) is 3.25. The number of rotatable bonds is 4. The molecule has 0 aliphatic rings. The highest BCUT2D eigenvalue weighted by atomic mass is 35.5. The molecule has 0 aromatic heterocycles. The van der Waals surface area contributed by atoms with E-state index in [-0.39, 0.29) is 6.61 Å². The van der Waals surface area contributed by atoms with E-state index in [1.165, 1.54) is 12.1 Å². The summed E-state index contributed by atoms with van der Waals surface area (Å²) in [4.78, 5) is 9.34. The van der Waals surface area contributed by atoms with E-state index in [2.05, 4.69) is 16.3 Å². The molecule has 0 bridgehead atoms. The Balaban J connectivity index is 4.38. The van der Waals surface area contributed by atoms with Crippen molar-refractivity contribution in [3.05, 3.63) is 4.91 Å². The van der Waals surface area contributed by atoms with Crippen LogP contribution in [-0.4, -0.2) is 18.0 Å². The Bertz CT molecular complexity index is 152. The molecule has 0 N–H and O–H groups in total. The van der Waals surface area contributed by atoms with Crippen LogP contribution in [0.5, 0.6) is 0 Å². The summed E-state index contributed by atoms with van der Waals surface area (Å²) in [6, 6.07) is -4.56. The minimum atomic E-state index is -4.56. The predicted octanol–water partition coefficient (Wildman–Crippen LogP) is 2.24. The van der Waals surface area contributed by atoms with Gasteiger partial charge in [-0.15, -0.1) is 4.91 Å². The summed E-state index contributed by atoms with van der Waals surface area (Å²) in [6.45, 7) is 0.864. The van der Waals surface area contributed by atoms with E-state index in [1.54, 1.807) is 0 Å². The highest BCUT2D eigenvalue weighted by Crippen LogP contribution is 2.38. The Labute approximate surface area is 65.4 Å². The first-order valence-electron chi connectivity index (χ1n) is 2.61. The van der Waals surface area contributed by atoms with E-state index in [0.29, 0.717) is 0 Å². The van der Waals surface area contributed by atoms with Gasteiger partial charge < -0.3 is 4.74 Å². The molecule has 0 aromatic rings. The second-order valence-electron chi connectivity index (χ2n) is 1.58. The van der Waals surface area contributed by atoms with Gasteiger partial charge in [0.1, 0.15) is 0 Å². The van der Waals surface area contributed by atoms with Crippen LogP contribution in [0.15, 0.2) is 5.18 Å². The number of nitrogens with zero attached hydrogens (tertiary/aromatic N) is 1.